The highest BCUT2D eigenvalue weighted by Crippen LogP contribution is 2.31. The van der Waals surface area contributed by atoms with Crippen molar-refractivity contribution in [2.45, 2.75) is 101 Å². The molecule has 0 saturated carbocycles. The van der Waals surface area contributed by atoms with Crippen molar-refractivity contribution in [3.05, 3.63) is 0 Å². The summed E-state index contributed by atoms with van der Waals surface area (Å²) >= 11 is 0. The van der Waals surface area contributed by atoms with E-state index in [-0.39, 0.29) is 12.1 Å². The fraction of sp³-hybridized carbons (Fsp3) is 0.952. The van der Waals surface area contributed by atoms with Gasteiger partial charge in [0.15, 0.2) is 5.78 Å². The van der Waals surface area contributed by atoms with Crippen LogP contribution in [0.3, 0.4) is 0 Å². The van der Waals surface area contributed by atoms with Crippen LogP contribution in [0.15, 0.2) is 0 Å². The van der Waals surface area contributed by atoms with Crippen LogP contribution in [0.4, 0.5) is 0 Å². The van der Waals surface area contributed by atoms with E-state index < -0.39 is 0 Å². The number of hydrogen-bond donors (Lipinski definition) is 2. The molecule has 0 aromatic heterocycles. The molecule has 0 bridgehead atoms. The van der Waals surface area contributed by atoms with Gasteiger partial charge in [-0.2, -0.15) is 0 Å². The first-order valence-corrected chi connectivity index (χ1v) is 11.2. The maximum Gasteiger partial charge on any atom is 0.170 e. The molecule has 4 fully saturated rings. The minimum atomic E-state index is 0.0650. The predicted molar refractivity (Wildman–Crippen MR) is 105 cm³/mol. The first-order chi connectivity index (χ1) is 12.7. The van der Waals surface area contributed by atoms with E-state index in [1.54, 1.807) is 0 Å². The second kappa shape index (κ2) is 8.26. The minimum Gasteiger partial charge on any atom is -0.312 e. The molecule has 4 saturated heterocycles. The number of carbonyl (C=O) groups is 1. The lowest BCUT2D eigenvalue weighted by molar-refractivity contribution is -0.132. The Balaban J connectivity index is 1.61. The van der Waals surface area contributed by atoms with Gasteiger partial charge >= 0.3 is 0 Å². The molecule has 5 heteroatoms. The van der Waals surface area contributed by atoms with Gasteiger partial charge < -0.3 is 10.6 Å². The Labute approximate surface area is 159 Å². The van der Waals surface area contributed by atoms with E-state index >= 15 is 0 Å². The van der Waals surface area contributed by atoms with Crippen LogP contribution in [0.5, 0.6) is 0 Å². The van der Waals surface area contributed by atoms with Crippen LogP contribution in [0.1, 0.15) is 65.2 Å². The highest BCUT2D eigenvalue weighted by atomic mass is 16.1. The molecule has 5 nitrogen and oxygen atoms in total. The van der Waals surface area contributed by atoms with Gasteiger partial charge in [0.2, 0.25) is 0 Å². The third-order valence-corrected chi connectivity index (χ3v) is 7.47. The molecule has 4 aliphatic rings. The van der Waals surface area contributed by atoms with Gasteiger partial charge in [0.05, 0.1) is 12.1 Å². The van der Waals surface area contributed by atoms with Gasteiger partial charge in [-0.25, -0.2) is 0 Å². The summed E-state index contributed by atoms with van der Waals surface area (Å²) < 4.78 is 0. The van der Waals surface area contributed by atoms with Crippen molar-refractivity contribution in [2.75, 3.05) is 26.2 Å². The molecule has 0 aliphatic carbocycles. The van der Waals surface area contributed by atoms with E-state index in [1.165, 1.54) is 38.5 Å². The summed E-state index contributed by atoms with van der Waals surface area (Å²) in [5, 5.41) is 7.36. The van der Waals surface area contributed by atoms with Gasteiger partial charge in [-0.3, -0.25) is 14.6 Å². The normalized spacial score (nSPS) is 38.8. The topological polar surface area (TPSA) is 47.6 Å². The fourth-order valence-corrected chi connectivity index (χ4v) is 6.06. The van der Waals surface area contributed by atoms with E-state index in [4.69, 9.17) is 0 Å². The van der Waals surface area contributed by atoms with Crippen LogP contribution in [0.2, 0.25) is 0 Å². The van der Waals surface area contributed by atoms with Crippen molar-refractivity contribution in [3.63, 3.8) is 0 Å². The molecule has 0 radical (unpaired) electrons. The molecule has 0 spiro atoms. The Kier molecular flexibility index (Phi) is 5.99. The quantitative estimate of drug-likeness (QED) is 0.754. The number of carbonyl (C=O) groups excluding carboxylic acids is 1. The molecule has 26 heavy (non-hydrogen) atoms. The number of nitrogens with one attached hydrogen (secondary N) is 2. The standard InChI is InChI=1S/C21H38N4O/c1-15-7-5-13-24(15)19(17-9-3-11-22-17)21(26)20(18-10-4-12-23-18)25-14-6-8-16(25)2/h15-20,22-23H,3-14H2,1-2H3/t15-,16-,17?,18?,19?,20?/m1/s1. The average molecular weight is 363 g/mol. The lowest BCUT2D eigenvalue weighted by atomic mass is 9.89. The zero-order valence-electron chi connectivity index (χ0n) is 16.8. The van der Waals surface area contributed by atoms with Gasteiger partial charge in [0.25, 0.3) is 0 Å². The smallest absolute Gasteiger partial charge is 0.170 e. The number of hydrogen-bond acceptors (Lipinski definition) is 5. The molecule has 4 heterocycles. The molecule has 0 aromatic carbocycles. The average Bonchev–Trinajstić information content (AvgIpc) is 3.40. The highest BCUT2D eigenvalue weighted by Gasteiger charge is 2.47. The Bertz CT molecular complexity index is 444. The molecular formula is C21H38N4O. The summed E-state index contributed by atoms with van der Waals surface area (Å²) in [5.74, 6) is 0.506. The summed E-state index contributed by atoms with van der Waals surface area (Å²) in [6, 6.07) is 1.92. The van der Waals surface area contributed by atoms with Crippen molar-refractivity contribution >= 4 is 5.78 Å². The zero-order chi connectivity index (χ0) is 18.1. The van der Waals surface area contributed by atoms with Gasteiger partial charge in [-0.1, -0.05) is 0 Å². The molecule has 0 amide bonds. The molecule has 0 aromatic rings. The minimum absolute atomic E-state index is 0.0650. The number of rotatable bonds is 6. The van der Waals surface area contributed by atoms with Crippen molar-refractivity contribution < 1.29 is 4.79 Å². The van der Waals surface area contributed by atoms with Crippen LogP contribution in [-0.4, -0.2) is 78.0 Å². The molecule has 2 N–H and O–H groups in total. The molecule has 4 rings (SSSR count). The zero-order valence-corrected chi connectivity index (χ0v) is 16.8. The lowest BCUT2D eigenvalue weighted by Gasteiger charge is -2.41. The second-order valence-electron chi connectivity index (χ2n) is 9.16. The SMILES string of the molecule is C[C@@H]1CCCN1C(C(=O)C(C1CCCN1)N1CCC[C@H]1C)C1CCCN1. The van der Waals surface area contributed by atoms with Crippen LogP contribution in [0.25, 0.3) is 0 Å². The van der Waals surface area contributed by atoms with E-state index in [1.807, 2.05) is 0 Å². The van der Waals surface area contributed by atoms with Crippen LogP contribution in [0, 0.1) is 0 Å². The number of ketones is 1. The second-order valence-corrected chi connectivity index (χ2v) is 9.16. The Morgan fingerprint density at radius 2 is 1.23 bits per heavy atom. The number of likely N-dealkylation sites (tertiary alicyclic amines) is 2. The van der Waals surface area contributed by atoms with Gasteiger partial charge in [-0.15, -0.1) is 0 Å². The molecule has 4 aliphatic heterocycles. The van der Waals surface area contributed by atoms with E-state index in [2.05, 4.69) is 34.3 Å². The predicted octanol–water partition coefficient (Wildman–Crippen LogP) is 1.77. The molecule has 6 atom stereocenters. The summed E-state index contributed by atoms with van der Waals surface area (Å²) in [5.41, 5.74) is 0. The summed E-state index contributed by atoms with van der Waals surface area (Å²) in [4.78, 5) is 19.2. The van der Waals surface area contributed by atoms with E-state index in [0.717, 1.165) is 39.0 Å². The molecule has 4 unspecified atom stereocenters. The van der Waals surface area contributed by atoms with Gasteiger partial charge in [0, 0.05) is 24.2 Å². The maximum atomic E-state index is 14.1. The van der Waals surface area contributed by atoms with Crippen LogP contribution in [-0.2, 0) is 4.79 Å². The Morgan fingerprint density at radius 1 is 0.769 bits per heavy atom. The van der Waals surface area contributed by atoms with Crippen molar-refractivity contribution in [1.29, 1.82) is 0 Å². The number of Topliss-reactive ketones (excluding diaryl/α,β-unsaturated/α-hetero) is 1. The third kappa shape index (κ3) is 3.60. The molecule has 148 valence electrons. The lowest BCUT2D eigenvalue weighted by Crippen LogP contribution is -2.63. The Morgan fingerprint density at radius 3 is 1.54 bits per heavy atom. The summed E-state index contributed by atoms with van der Waals surface area (Å²) in [6.45, 7) is 8.98. The summed E-state index contributed by atoms with van der Waals surface area (Å²) in [7, 11) is 0. The van der Waals surface area contributed by atoms with Crippen molar-refractivity contribution in [3.8, 4) is 0 Å². The molecular weight excluding hydrogens is 324 g/mol. The third-order valence-electron chi connectivity index (χ3n) is 7.47. The van der Waals surface area contributed by atoms with Gasteiger partial charge in [-0.05, 0) is 91.4 Å². The Hall–Kier alpha value is -0.490. The van der Waals surface area contributed by atoms with E-state index in [9.17, 15) is 4.79 Å². The largest absolute Gasteiger partial charge is 0.312 e. The van der Waals surface area contributed by atoms with Crippen molar-refractivity contribution in [1.82, 2.24) is 20.4 Å². The van der Waals surface area contributed by atoms with Gasteiger partial charge in [0.1, 0.15) is 0 Å². The first-order valence-electron chi connectivity index (χ1n) is 11.2. The van der Waals surface area contributed by atoms with Crippen LogP contribution >= 0.6 is 0 Å². The maximum absolute atomic E-state index is 14.1. The van der Waals surface area contributed by atoms with Crippen LogP contribution < -0.4 is 10.6 Å². The van der Waals surface area contributed by atoms with E-state index in [0.29, 0.717) is 30.0 Å². The monoisotopic (exact) mass is 362 g/mol. The number of nitrogens with zero attached hydrogens (tertiary/aromatic N) is 2. The summed E-state index contributed by atoms with van der Waals surface area (Å²) in [6.07, 6.45) is 9.69. The van der Waals surface area contributed by atoms with Crippen molar-refractivity contribution in [2.24, 2.45) is 0 Å². The first kappa shape index (κ1) is 18.9. The fourth-order valence-electron chi connectivity index (χ4n) is 6.06. The highest BCUT2D eigenvalue weighted by molar-refractivity contribution is 5.91.